The van der Waals surface area contributed by atoms with Crippen LogP contribution in [-0.2, 0) is 11.3 Å². The molecule has 0 radical (unpaired) electrons. The molecule has 2 aromatic rings. The van der Waals surface area contributed by atoms with Gasteiger partial charge in [0.15, 0.2) is 11.6 Å². The summed E-state index contributed by atoms with van der Waals surface area (Å²) in [5.41, 5.74) is 7.49. The standard InChI is InChI=1S/C11H11BrN2O2/c1-15-6-7-2-3-8(12)4-9(7)10-5-11(13)14-16-10/h2-5H,6H2,1H3,(H2,13,14). The van der Waals surface area contributed by atoms with Crippen molar-refractivity contribution in [1.29, 1.82) is 0 Å². The van der Waals surface area contributed by atoms with Crippen molar-refractivity contribution in [2.75, 3.05) is 12.8 Å². The summed E-state index contributed by atoms with van der Waals surface area (Å²) in [6.07, 6.45) is 0. The second-order valence-corrected chi connectivity index (χ2v) is 4.27. The van der Waals surface area contributed by atoms with E-state index in [9.17, 15) is 0 Å². The summed E-state index contributed by atoms with van der Waals surface area (Å²) in [5, 5.41) is 3.67. The van der Waals surface area contributed by atoms with E-state index in [1.54, 1.807) is 13.2 Å². The summed E-state index contributed by atoms with van der Waals surface area (Å²) in [6, 6.07) is 7.58. The van der Waals surface area contributed by atoms with E-state index >= 15 is 0 Å². The normalized spacial score (nSPS) is 10.6. The monoisotopic (exact) mass is 282 g/mol. The molecular weight excluding hydrogens is 272 g/mol. The molecule has 0 amide bonds. The number of aromatic nitrogens is 1. The third kappa shape index (κ3) is 2.25. The maximum absolute atomic E-state index is 5.53. The summed E-state index contributed by atoms with van der Waals surface area (Å²) in [5.74, 6) is 1.02. The first kappa shape index (κ1) is 11.2. The van der Waals surface area contributed by atoms with Crippen LogP contribution in [0.2, 0.25) is 0 Å². The minimum Gasteiger partial charge on any atom is -0.381 e. The van der Waals surface area contributed by atoms with Gasteiger partial charge in [-0.25, -0.2) is 0 Å². The van der Waals surface area contributed by atoms with Crippen molar-refractivity contribution < 1.29 is 9.26 Å². The van der Waals surface area contributed by atoms with Crippen molar-refractivity contribution in [2.24, 2.45) is 0 Å². The second kappa shape index (κ2) is 4.67. The third-order valence-electron chi connectivity index (χ3n) is 2.17. The number of nitrogen functional groups attached to an aromatic ring is 1. The highest BCUT2D eigenvalue weighted by Crippen LogP contribution is 2.28. The van der Waals surface area contributed by atoms with Crippen molar-refractivity contribution in [3.8, 4) is 11.3 Å². The zero-order valence-corrected chi connectivity index (χ0v) is 10.3. The lowest BCUT2D eigenvalue weighted by atomic mass is 10.1. The van der Waals surface area contributed by atoms with Gasteiger partial charge in [-0.3, -0.25) is 0 Å². The lowest BCUT2D eigenvalue weighted by Crippen LogP contribution is -1.91. The third-order valence-corrected chi connectivity index (χ3v) is 2.66. The lowest BCUT2D eigenvalue weighted by Gasteiger charge is -2.06. The van der Waals surface area contributed by atoms with E-state index in [1.165, 1.54) is 0 Å². The van der Waals surface area contributed by atoms with Crippen molar-refractivity contribution in [3.05, 3.63) is 34.3 Å². The Bertz CT molecular complexity index is 496. The Hall–Kier alpha value is -1.33. The molecule has 0 saturated heterocycles. The van der Waals surface area contributed by atoms with Crippen LogP contribution < -0.4 is 5.73 Å². The van der Waals surface area contributed by atoms with Gasteiger partial charge in [-0.2, -0.15) is 0 Å². The molecule has 84 valence electrons. The summed E-state index contributed by atoms with van der Waals surface area (Å²) in [4.78, 5) is 0. The van der Waals surface area contributed by atoms with Gasteiger partial charge in [-0.15, -0.1) is 0 Å². The average molecular weight is 283 g/mol. The number of halogens is 1. The predicted octanol–water partition coefficient (Wildman–Crippen LogP) is 2.83. The first-order valence-electron chi connectivity index (χ1n) is 4.70. The van der Waals surface area contributed by atoms with Crippen molar-refractivity contribution in [1.82, 2.24) is 5.16 Å². The maximum Gasteiger partial charge on any atom is 0.169 e. The Labute approximate surface area is 102 Å². The number of hydrogen-bond donors (Lipinski definition) is 1. The van der Waals surface area contributed by atoms with E-state index < -0.39 is 0 Å². The number of nitrogens with zero attached hydrogens (tertiary/aromatic N) is 1. The number of rotatable bonds is 3. The Morgan fingerprint density at radius 1 is 1.44 bits per heavy atom. The minimum atomic E-state index is 0.373. The van der Waals surface area contributed by atoms with Gasteiger partial charge in [0, 0.05) is 23.2 Å². The Morgan fingerprint density at radius 2 is 2.25 bits per heavy atom. The molecule has 0 fully saturated rings. The first-order chi connectivity index (χ1) is 7.70. The first-order valence-corrected chi connectivity index (χ1v) is 5.50. The van der Waals surface area contributed by atoms with Gasteiger partial charge in [0.25, 0.3) is 0 Å². The fourth-order valence-electron chi connectivity index (χ4n) is 1.48. The van der Waals surface area contributed by atoms with Gasteiger partial charge >= 0.3 is 0 Å². The smallest absolute Gasteiger partial charge is 0.169 e. The molecule has 2 rings (SSSR count). The van der Waals surface area contributed by atoms with Crippen LogP contribution in [0, 0.1) is 0 Å². The molecule has 2 N–H and O–H groups in total. The zero-order chi connectivity index (χ0) is 11.5. The molecule has 1 aromatic carbocycles. The predicted molar refractivity (Wildman–Crippen MR) is 64.8 cm³/mol. The molecule has 4 nitrogen and oxygen atoms in total. The van der Waals surface area contributed by atoms with Crippen LogP contribution in [0.5, 0.6) is 0 Å². The lowest BCUT2D eigenvalue weighted by molar-refractivity contribution is 0.185. The second-order valence-electron chi connectivity index (χ2n) is 3.35. The summed E-state index contributed by atoms with van der Waals surface area (Å²) in [6.45, 7) is 0.517. The zero-order valence-electron chi connectivity index (χ0n) is 8.74. The van der Waals surface area contributed by atoms with Crippen LogP contribution in [0.4, 0.5) is 5.82 Å². The van der Waals surface area contributed by atoms with Crippen molar-refractivity contribution in [2.45, 2.75) is 6.61 Å². The molecule has 16 heavy (non-hydrogen) atoms. The number of nitrogens with two attached hydrogens (primary N) is 1. The summed E-state index contributed by atoms with van der Waals surface area (Å²) in [7, 11) is 1.65. The highest BCUT2D eigenvalue weighted by atomic mass is 79.9. The van der Waals surface area contributed by atoms with Crippen molar-refractivity contribution in [3.63, 3.8) is 0 Å². The number of anilines is 1. The van der Waals surface area contributed by atoms with E-state index in [4.69, 9.17) is 15.0 Å². The fraction of sp³-hybridized carbons (Fsp3) is 0.182. The Morgan fingerprint density at radius 3 is 2.88 bits per heavy atom. The quantitative estimate of drug-likeness (QED) is 0.940. The van der Waals surface area contributed by atoms with Gasteiger partial charge in [-0.1, -0.05) is 27.2 Å². The van der Waals surface area contributed by atoms with Gasteiger partial charge in [-0.05, 0) is 17.7 Å². The number of hydrogen-bond acceptors (Lipinski definition) is 4. The molecule has 5 heteroatoms. The molecule has 1 heterocycles. The molecule has 0 aliphatic carbocycles. The molecular formula is C11H11BrN2O2. The molecule has 0 aliphatic heterocycles. The summed E-state index contributed by atoms with van der Waals surface area (Å²) < 4.78 is 11.2. The van der Waals surface area contributed by atoms with Crippen molar-refractivity contribution >= 4 is 21.7 Å². The highest BCUT2D eigenvalue weighted by Gasteiger charge is 2.10. The molecule has 1 aromatic heterocycles. The Kier molecular flexibility index (Phi) is 3.26. The minimum absolute atomic E-state index is 0.373. The van der Waals surface area contributed by atoms with E-state index in [1.807, 2.05) is 18.2 Å². The fourth-order valence-corrected chi connectivity index (χ4v) is 1.84. The number of methoxy groups -OCH3 is 1. The van der Waals surface area contributed by atoms with Crippen LogP contribution in [-0.4, -0.2) is 12.3 Å². The van der Waals surface area contributed by atoms with Crippen LogP contribution in [0.25, 0.3) is 11.3 Å². The van der Waals surface area contributed by atoms with Gasteiger partial charge in [0.05, 0.1) is 6.61 Å². The van der Waals surface area contributed by atoms with Gasteiger partial charge in [0.1, 0.15) is 0 Å². The number of ether oxygens (including phenoxy) is 1. The van der Waals surface area contributed by atoms with E-state index in [0.29, 0.717) is 18.2 Å². The van der Waals surface area contributed by atoms with Gasteiger partial charge in [0.2, 0.25) is 0 Å². The molecule has 0 spiro atoms. The topological polar surface area (TPSA) is 61.3 Å². The molecule has 0 atom stereocenters. The van der Waals surface area contributed by atoms with E-state index in [0.717, 1.165) is 15.6 Å². The van der Waals surface area contributed by atoms with Gasteiger partial charge < -0.3 is 15.0 Å². The summed E-state index contributed by atoms with van der Waals surface area (Å²) >= 11 is 3.42. The SMILES string of the molecule is COCc1ccc(Br)cc1-c1cc(N)no1. The van der Waals surface area contributed by atoms with Crippen LogP contribution >= 0.6 is 15.9 Å². The Balaban J connectivity index is 2.48. The number of benzene rings is 1. The van der Waals surface area contributed by atoms with Crippen LogP contribution in [0.1, 0.15) is 5.56 Å². The largest absolute Gasteiger partial charge is 0.381 e. The molecule has 0 aliphatic rings. The van der Waals surface area contributed by atoms with E-state index in [-0.39, 0.29) is 0 Å². The highest BCUT2D eigenvalue weighted by molar-refractivity contribution is 9.10. The van der Waals surface area contributed by atoms with Crippen LogP contribution in [0.15, 0.2) is 33.3 Å². The molecule has 0 unspecified atom stereocenters. The maximum atomic E-state index is 5.53. The molecule has 0 bridgehead atoms. The molecule has 0 saturated carbocycles. The average Bonchev–Trinajstić information content (AvgIpc) is 2.68. The van der Waals surface area contributed by atoms with E-state index in [2.05, 4.69) is 21.1 Å². The van der Waals surface area contributed by atoms with Crippen LogP contribution in [0.3, 0.4) is 0 Å².